The third-order valence-electron chi connectivity index (χ3n) is 5.64. The minimum Gasteiger partial charge on any atom is -0.468 e. The predicted octanol–water partition coefficient (Wildman–Crippen LogP) is 3.68. The van der Waals surface area contributed by atoms with Crippen molar-refractivity contribution >= 4 is 22.9 Å². The fourth-order valence-corrected chi connectivity index (χ4v) is 3.96. The summed E-state index contributed by atoms with van der Waals surface area (Å²) < 4.78 is 7.52. The topological polar surface area (TPSA) is 94.1 Å². The van der Waals surface area contributed by atoms with Crippen LogP contribution in [0, 0.1) is 0 Å². The molecule has 1 saturated heterocycles. The van der Waals surface area contributed by atoms with E-state index in [4.69, 9.17) is 10.5 Å². The number of aryl methyl sites for hydroxylation is 1. The van der Waals surface area contributed by atoms with E-state index >= 15 is 0 Å². The van der Waals surface area contributed by atoms with Gasteiger partial charge in [-0.05, 0) is 51.7 Å². The van der Waals surface area contributed by atoms with Crippen molar-refractivity contribution in [1.82, 2.24) is 24.4 Å². The van der Waals surface area contributed by atoms with Crippen LogP contribution in [0.1, 0.15) is 64.7 Å². The van der Waals surface area contributed by atoms with Crippen molar-refractivity contribution in [3.63, 3.8) is 0 Å². The summed E-state index contributed by atoms with van der Waals surface area (Å²) in [5.74, 6) is 0.959. The zero-order valence-electron chi connectivity index (χ0n) is 18.1. The molecular weight excluding hydrogens is 366 g/mol. The number of hydrogen-bond donors (Lipinski definition) is 2. The second-order valence-corrected chi connectivity index (χ2v) is 7.95. The Balaban J connectivity index is 1.59. The third-order valence-corrected chi connectivity index (χ3v) is 5.64. The Morgan fingerprint density at radius 3 is 2.45 bits per heavy atom. The summed E-state index contributed by atoms with van der Waals surface area (Å²) in [4.78, 5) is 16.2. The lowest BCUT2D eigenvalue weighted by Crippen LogP contribution is -2.25. The van der Waals surface area contributed by atoms with Crippen LogP contribution in [0.3, 0.4) is 0 Å². The van der Waals surface area contributed by atoms with Gasteiger partial charge in [0.1, 0.15) is 0 Å². The van der Waals surface area contributed by atoms with Crippen molar-refractivity contribution in [2.45, 2.75) is 71.3 Å². The maximum absolute atomic E-state index is 6.14. The van der Waals surface area contributed by atoms with E-state index in [1.165, 1.54) is 58.2 Å². The minimum absolute atomic E-state index is 0.396. The molecule has 0 atom stereocenters. The number of methoxy groups -OCH3 is 1. The lowest BCUT2D eigenvalue weighted by Gasteiger charge is -2.19. The molecule has 0 bridgehead atoms. The largest absolute Gasteiger partial charge is 0.468 e. The van der Waals surface area contributed by atoms with Crippen LogP contribution in [0.4, 0.5) is 11.8 Å². The molecule has 1 aliphatic rings. The van der Waals surface area contributed by atoms with Gasteiger partial charge in [0.25, 0.3) is 6.01 Å². The molecule has 2 aromatic rings. The summed E-state index contributed by atoms with van der Waals surface area (Å²) in [5.41, 5.74) is 7.51. The molecule has 0 radical (unpaired) electrons. The molecule has 0 aromatic carbocycles. The Kier molecular flexibility index (Phi) is 8.34. The van der Waals surface area contributed by atoms with Crippen LogP contribution in [-0.4, -0.2) is 57.7 Å². The van der Waals surface area contributed by atoms with Crippen molar-refractivity contribution in [2.75, 3.05) is 44.3 Å². The molecule has 8 heteroatoms. The molecule has 0 aliphatic carbocycles. The number of imidazole rings is 1. The summed E-state index contributed by atoms with van der Waals surface area (Å²) in [6, 6.07) is 0.555. The van der Waals surface area contributed by atoms with Gasteiger partial charge in [0.15, 0.2) is 17.0 Å². The highest BCUT2D eigenvalue weighted by Crippen LogP contribution is 2.25. The Bertz CT molecular complexity index is 753. The van der Waals surface area contributed by atoms with Gasteiger partial charge in [0, 0.05) is 13.1 Å². The summed E-state index contributed by atoms with van der Waals surface area (Å²) in [7, 11) is 1.64. The first-order valence-electron chi connectivity index (χ1n) is 11.3. The first-order valence-corrected chi connectivity index (χ1v) is 11.3. The fraction of sp³-hybridized carbons (Fsp3) is 0.762. The molecule has 0 amide bonds. The van der Waals surface area contributed by atoms with Gasteiger partial charge < -0.3 is 20.7 Å². The number of fused-ring (bicyclic) bond motifs is 1. The van der Waals surface area contributed by atoms with Crippen molar-refractivity contribution in [3.05, 3.63) is 0 Å². The van der Waals surface area contributed by atoms with Crippen LogP contribution in [0.25, 0.3) is 11.2 Å². The van der Waals surface area contributed by atoms with Crippen LogP contribution in [0.2, 0.25) is 0 Å². The van der Waals surface area contributed by atoms with E-state index in [1.807, 2.05) is 4.57 Å². The zero-order chi connectivity index (χ0) is 20.5. The molecule has 8 nitrogen and oxygen atoms in total. The summed E-state index contributed by atoms with van der Waals surface area (Å²) >= 11 is 0. The molecule has 3 heterocycles. The van der Waals surface area contributed by atoms with E-state index in [1.54, 1.807) is 7.11 Å². The number of nitrogens with zero attached hydrogens (tertiary/aromatic N) is 5. The molecule has 1 aliphatic heterocycles. The second kappa shape index (κ2) is 11.2. The number of rotatable bonds is 11. The maximum Gasteiger partial charge on any atom is 0.298 e. The number of nitrogen functional groups attached to an aromatic ring is 1. The van der Waals surface area contributed by atoms with Gasteiger partial charge in [-0.3, -0.25) is 4.57 Å². The van der Waals surface area contributed by atoms with E-state index < -0.39 is 0 Å². The first kappa shape index (κ1) is 21.6. The van der Waals surface area contributed by atoms with Gasteiger partial charge in [-0.15, -0.1) is 0 Å². The zero-order valence-corrected chi connectivity index (χ0v) is 18.1. The van der Waals surface area contributed by atoms with Crippen LogP contribution >= 0.6 is 0 Å². The molecule has 0 spiro atoms. The summed E-state index contributed by atoms with van der Waals surface area (Å²) in [5, 5.41) is 3.26. The van der Waals surface area contributed by atoms with Gasteiger partial charge in [-0.25, -0.2) is 0 Å². The highest BCUT2D eigenvalue weighted by atomic mass is 16.5. The molecule has 29 heavy (non-hydrogen) atoms. The van der Waals surface area contributed by atoms with Crippen molar-refractivity contribution in [2.24, 2.45) is 0 Å². The van der Waals surface area contributed by atoms with Crippen molar-refractivity contribution < 1.29 is 4.74 Å². The van der Waals surface area contributed by atoms with Gasteiger partial charge in [-0.1, -0.05) is 32.6 Å². The highest BCUT2D eigenvalue weighted by Gasteiger charge is 2.17. The molecular formula is C21H37N7O. The number of nitrogens with one attached hydrogen (secondary N) is 1. The lowest BCUT2D eigenvalue weighted by molar-refractivity contribution is 0.276. The molecule has 162 valence electrons. The second-order valence-electron chi connectivity index (χ2n) is 7.95. The Hall–Kier alpha value is -2.09. The number of unbranched alkanes of at least 4 members (excludes halogenated alkanes) is 3. The van der Waals surface area contributed by atoms with Crippen LogP contribution in [0.15, 0.2) is 0 Å². The molecule has 3 N–H and O–H groups in total. The number of anilines is 2. The van der Waals surface area contributed by atoms with Crippen molar-refractivity contribution in [1.29, 1.82) is 0 Å². The van der Waals surface area contributed by atoms with Gasteiger partial charge in [-0.2, -0.15) is 15.0 Å². The number of nitrogens with two attached hydrogens (primary N) is 1. The van der Waals surface area contributed by atoms with E-state index in [9.17, 15) is 0 Å². The van der Waals surface area contributed by atoms with Crippen molar-refractivity contribution in [3.8, 4) is 6.01 Å². The van der Waals surface area contributed by atoms with E-state index in [0.29, 0.717) is 23.3 Å². The lowest BCUT2D eigenvalue weighted by atomic mass is 10.2. The minimum atomic E-state index is 0.396. The molecule has 1 fully saturated rings. The SMILES string of the molecule is CCCCNc1nc(N)c2nc(OC)n(CCCCCN3CCCCCC3)c2n1. The Morgan fingerprint density at radius 2 is 1.72 bits per heavy atom. The average Bonchev–Trinajstić information content (AvgIpc) is 2.88. The van der Waals surface area contributed by atoms with Gasteiger partial charge in [0.05, 0.1) is 7.11 Å². The van der Waals surface area contributed by atoms with Crippen LogP contribution < -0.4 is 15.8 Å². The molecule has 0 saturated carbocycles. The first-order chi connectivity index (χ1) is 14.2. The normalized spacial score (nSPS) is 15.5. The molecule has 0 unspecified atom stereocenters. The van der Waals surface area contributed by atoms with Gasteiger partial charge >= 0.3 is 0 Å². The molecule has 2 aromatic heterocycles. The monoisotopic (exact) mass is 403 g/mol. The average molecular weight is 404 g/mol. The number of likely N-dealkylation sites (tertiary alicyclic amines) is 1. The van der Waals surface area contributed by atoms with Crippen LogP contribution in [0.5, 0.6) is 6.01 Å². The highest BCUT2D eigenvalue weighted by molar-refractivity contribution is 5.84. The number of aromatic nitrogens is 4. The summed E-state index contributed by atoms with van der Waals surface area (Å²) in [6.45, 7) is 7.57. The predicted molar refractivity (Wildman–Crippen MR) is 118 cm³/mol. The number of hydrogen-bond acceptors (Lipinski definition) is 7. The number of ether oxygens (including phenoxy) is 1. The third kappa shape index (κ3) is 5.95. The van der Waals surface area contributed by atoms with E-state index in [2.05, 4.69) is 32.1 Å². The van der Waals surface area contributed by atoms with Gasteiger partial charge in [0.2, 0.25) is 5.95 Å². The van der Waals surface area contributed by atoms with Crippen LogP contribution in [-0.2, 0) is 6.54 Å². The maximum atomic E-state index is 6.14. The standard InChI is InChI=1S/C21H37N7O/c1-3-4-12-23-20-25-18(22)17-19(26-20)28(21(24-17)29-2)16-11-7-10-15-27-13-8-5-6-9-14-27/h3-16H2,1-2H3,(H3,22,23,25,26). The molecule has 3 rings (SSSR count). The van der Waals surface area contributed by atoms with E-state index in [-0.39, 0.29) is 0 Å². The quantitative estimate of drug-likeness (QED) is 0.553. The summed E-state index contributed by atoms with van der Waals surface area (Å²) in [6.07, 6.45) is 11.2. The smallest absolute Gasteiger partial charge is 0.298 e. The Labute approximate surface area is 174 Å². The Morgan fingerprint density at radius 1 is 0.966 bits per heavy atom. The van der Waals surface area contributed by atoms with E-state index in [0.717, 1.165) is 38.0 Å². The fourth-order valence-electron chi connectivity index (χ4n) is 3.96.